The molecule has 0 radical (unpaired) electrons. The standard InChI is InChI=1S/C20H25N3O3/c1-3-4-13-26-19-8-6-5-7-18(19)23-20(25)14-21-16-9-11-17(12-10-16)22-15(2)24/h5-12,21H,3-4,13-14H2,1-2H3,(H,22,24)(H,23,25). The van der Waals surface area contributed by atoms with Gasteiger partial charge in [-0.1, -0.05) is 25.5 Å². The molecule has 0 saturated carbocycles. The molecule has 2 rings (SSSR count). The van der Waals surface area contributed by atoms with Crippen LogP contribution in [0.5, 0.6) is 5.75 Å². The third-order valence-electron chi connectivity index (χ3n) is 3.57. The average Bonchev–Trinajstić information content (AvgIpc) is 2.62. The highest BCUT2D eigenvalue weighted by Gasteiger charge is 2.07. The van der Waals surface area contributed by atoms with Gasteiger partial charge in [0.2, 0.25) is 11.8 Å². The first-order chi connectivity index (χ1) is 12.6. The zero-order chi connectivity index (χ0) is 18.8. The van der Waals surface area contributed by atoms with Gasteiger partial charge in [0, 0.05) is 18.3 Å². The summed E-state index contributed by atoms with van der Waals surface area (Å²) in [5, 5.41) is 8.61. The Bertz CT molecular complexity index is 729. The van der Waals surface area contributed by atoms with Crippen molar-refractivity contribution in [1.82, 2.24) is 0 Å². The van der Waals surface area contributed by atoms with Gasteiger partial charge in [-0.15, -0.1) is 0 Å². The van der Waals surface area contributed by atoms with Gasteiger partial charge in [0.05, 0.1) is 18.8 Å². The quantitative estimate of drug-likeness (QED) is 0.597. The molecule has 0 fully saturated rings. The number of carbonyl (C=O) groups excluding carboxylic acids is 2. The van der Waals surface area contributed by atoms with Crippen LogP contribution in [0.4, 0.5) is 17.1 Å². The molecular weight excluding hydrogens is 330 g/mol. The van der Waals surface area contributed by atoms with Crippen molar-refractivity contribution in [2.75, 3.05) is 29.1 Å². The fourth-order valence-corrected chi connectivity index (χ4v) is 2.27. The molecule has 6 nitrogen and oxygen atoms in total. The largest absolute Gasteiger partial charge is 0.491 e. The van der Waals surface area contributed by atoms with E-state index in [-0.39, 0.29) is 18.4 Å². The van der Waals surface area contributed by atoms with Gasteiger partial charge in [0.25, 0.3) is 0 Å². The summed E-state index contributed by atoms with van der Waals surface area (Å²) in [4.78, 5) is 23.2. The summed E-state index contributed by atoms with van der Waals surface area (Å²) < 4.78 is 5.72. The Labute approximate surface area is 153 Å². The maximum Gasteiger partial charge on any atom is 0.243 e. The molecule has 0 heterocycles. The summed E-state index contributed by atoms with van der Waals surface area (Å²) >= 11 is 0. The monoisotopic (exact) mass is 355 g/mol. The fourth-order valence-electron chi connectivity index (χ4n) is 2.27. The second-order valence-corrected chi connectivity index (χ2v) is 5.86. The number of rotatable bonds is 9. The summed E-state index contributed by atoms with van der Waals surface area (Å²) in [7, 11) is 0. The highest BCUT2D eigenvalue weighted by atomic mass is 16.5. The van der Waals surface area contributed by atoms with E-state index >= 15 is 0 Å². The molecule has 0 aliphatic heterocycles. The van der Waals surface area contributed by atoms with Crippen molar-refractivity contribution in [3.63, 3.8) is 0 Å². The van der Waals surface area contributed by atoms with Crippen molar-refractivity contribution in [3.05, 3.63) is 48.5 Å². The van der Waals surface area contributed by atoms with Gasteiger partial charge in [0.15, 0.2) is 0 Å². The number of hydrogen-bond donors (Lipinski definition) is 3. The fraction of sp³-hybridized carbons (Fsp3) is 0.300. The number of unbranched alkanes of at least 4 members (excludes halogenated alkanes) is 1. The minimum Gasteiger partial charge on any atom is -0.491 e. The van der Waals surface area contributed by atoms with Crippen LogP contribution in [0.1, 0.15) is 26.7 Å². The van der Waals surface area contributed by atoms with E-state index in [1.807, 2.05) is 24.3 Å². The molecule has 2 aromatic rings. The number of anilines is 3. The van der Waals surface area contributed by atoms with E-state index in [4.69, 9.17) is 4.74 Å². The third kappa shape index (κ3) is 6.47. The van der Waals surface area contributed by atoms with Crippen LogP contribution in [0.25, 0.3) is 0 Å². The molecule has 26 heavy (non-hydrogen) atoms. The van der Waals surface area contributed by atoms with Crippen LogP contribution in [0.3, 0.4) is 0 Å². The van der Waals surface area contributed by atoms with E-state index in [0.29, 0.717) is 23.7 Å². The molecule has 138 valence electrons. The number of amides is 2. The minimum absolute atomic E-state index is 0.120. The molecule has 2 aromatic carbocycles. The van der Waals surface area contributed by atoms with Crippen molar-refractivity contribution in [1.29, 1.82) is 0 Å². The first-order valence-corrected chi connectivity index (χ1v) is 8.71. The second kappa shape index (κ2) is 10.1. The maximum absolute atomic E-state index is 12.2. The highest BCUT2D eigenvalue weighted by molar-refractivity contribution is 5.95. The van der Waals surface area contributed by atoms with Crippen molar-refractivity contribution >= 4 is 28.9 Å². The van der Waals surface area contributed by atoms with E-state index < -0.39 is 0 Å². The second-order valence-electron chi connectivity index (χ2n) is 5.86. The van der Waals surface area contributed by atoms with Crippen LogP contribution >= 0.6 is 0 Å². The Morgan fingerprint density at radius 1 is 0.962 bits per heavy atom. The summed E-state index contributed by atoms with van der Waals surface area (Å²) in [5.74, 6) is 0.390. The molecule has 6 heteroatoms. The SMILES string of the molecule is CCCCOc1ccccc1NC(=O)CNc1ccc(NC(C)=O)cc1. The lowest BCUT2D eigenvalue weighted by molar-refractivity contribution is -0.115. The topological polar surface area (TPSA) is 79.5 Å². The van der Waals surface area contributed by atoms with Gasteiger partial charge in [-0.05, 0) is 42.8 Å². The number of ether oxygens (including phenoxy) is 1. The lowest BCUT2D eigenvalue weighted by Gasteiger charge is -2.13. The van der Waals surface area contributed by atoms with Crippen LogP contribution in [0, 0.1) is 0 Å². The van der Waals surface area contributed by atoms with Gasteiger partial charge in [-0.3, -0.25) is 9.59 Å². The summed E-state index contributed by atoms with van der Waals surface area (Å²) in [5.41, 5.74) is 2.17. The highest BCUT2D eigenvalue weighted by Crippen LogP contribution is 2.24. The van der Waals surface area contributed by atoms with E-state index in [1.165, 1.54) is 6.92 Å². The molecule has 0 saturated heterocycles. The lowest BCUT2D eigenvalue weighted by Crippen LogP contribution is -2.22. The zero-order valence-corrected chi connectivity index (χ0v) is 15.2. The van der Waals surface area contributed by atoms with Crippen molar-refractivity contribution < 1.29 is 14.3 Å². The number of carbonyl (C=O) groups is 2. The molecule has 0 aliphatic rings. The average molecular weight is 355 g/mol. The maximum atomic E-state index is 12.2. The zero-order valence-electron chi connectivity index (χ0n) is 15.2. The van der Waals surface area contributed by atoms with E-state index in [2.05, 4.69) is 22.9 Å². The van der Waals surface area contributed by atoms with Crippen LogP contribution < -0.4 is 20.7 Å². The Morgan fingerprint density at radius 3 is 2.35 bits per heavy atom. The van der Waals surface area contributed by atoms with E-state index in [1.54, 1.807) is 24.3 Å². The van der Waals surface area contributed by atoms with Crippen molar-refractivity contribution in [2.45, 2.75) is 26.7 Å². The third-order valence-corrected chi connectivity index (χ3v) is 3.57. The minimum atomic E-state index is -0.164. The molecule has 0 unspecified atom stereocenters. The Balaban J connectivity index is 1.86. The molecular formula is C20H25N3O3. The first-order valence-electron chi connectivity index (χ1n) is 8.71. The Hall–Kier alpha value is -3.02. The summed E-state index contributed by atoms with van der Waals surface area (Å²) in [6.07, 6.45) is 2.03. The molecule has 0 aliphatic carbocycles. The van der Waals surface area contributed by atoms with Gasteiger partial charge < -0.3 is 20.7 Å². The molecule has 3 N–H and O–H groups in total. The number of hydrogen-bond acceptors (Lipinski definition) is 4. The Morgan fingerprint density at radius 2 is 1.65 bits per heavy atom. The number of nitrogens with one attached hydrogen (secondary N) is 3. The van der Waals surface area contributed by atoms with E-state index in [0.717, 1.165) is 18.5 Å². The predicted octanol–water partition coefficient (Wildman–Crippen LogP) is 3.87. The number of para-hydroxylation sites is 2. The van der Waals surface area contributed by atoms with Crippen LogP contribution in [0.2, 0.25) is 0 Å². The van der Waals surface area contributed by atoms with Gasteiger partial charge in [-0.2, -0.15) is 0 Å². The van der Waals surface area contributed by atoms with E-state index in [9.17, 15) is 9.59 Å². The van der Waals surface area contributed by atoms with Crippen LogP contribution in [-0.2, 0) is 9.59 Å². The molecule has 2 amide bonds. The molecule has 0 spiro atoms. The normalized spacial score (nSPS) is 10.1. The lowest BCUT2D eigenvalue weighted by atomic mass is 10.2. The Kier molecular flexibility index (Phi) is 7.49. The molecule has 0 atom stereocenters. The van der Waals surface area contributed by atoms with Crippen molar-refractivity contribution in [2.24, 2.45) is 0 Å². The first kappa shape index (κ1) is 19.3. The summed E-state index contributed by atoms with van der Waals surface area (Å²) in [6.45, 7) is 4.32. The predicted molar refractivity (Wildman–Crippen MR) is 105 cm³/mol. The van der Waals surface area contributed by atoms with Crippen molar-refractivity contribution in [3.8, 4) is 5.75 Å². The van der Waals surface area contributed by atoms with Gasteiger partial charge in [0.1, 0.15) is 5.75 Å². The molecule has 0 aromatic heterocycles. The smallest absolute Gasteiger partial charge is 0.243 e. The van der Waals surface area contributed by atoms with Gasteiger partial charge in [-0.25, -0.2) is 0 Å². The summed E-state index contributed by atoms with van der Waals surface area (Å²) in [6, 6.07) is 14.6. The van der Waals surface area contributed by atoms with Crippen LogP contribution in [0.15, 0.2) is 48.5 Å². The molecule has 0 bridgehead atoms. The van der Waals surface area contributed by atoms with Crippen LogP contribution in [-0.4, -0.2) is 25.0 Å². The number of benzene rings is 2. The van der Waals surface area contributed by atoms with Gasteiger partial charge >= 0.3 is 0 Å².